The van der Waals surface area contributed by atoms with E-state index in [4.69, 9.17) is 10.5 Å². The summed E-state index contributed by atoms with van der Waals surface area (Å²) in [5.74, 6) is 0.423. The smallest absolute Gasteiger partial charge is 0.164 e. The lowest BCUT2D eigenvalue weighted by atomic mass is 10.1. The number of benzene rings is 1. The molecule has 6 nitrogen and oxygen atoms in total. The van der Waals surface area contributed by atoms with Crippen LogP contribution in [0.1, 0.15) is 11.7 Å². The molecule has 1 heterocycles. The fourth-order valence-electron chi connectivity index (χ4n) is 1.46. The SMILES string of the molecule is COc1cccc(C(N)n2cnnc2)c1O. The van der Waals surface area contributed by atoms with Crippen LogP contribution in [0, 0.1) is 0 Å². The van der Waals surface area contributed by atoms with Crippen LogP contribution >= 0.6 is 0 Å². The lowest BCUT2D eigenvalue weighted by molar-refractivity contribution is 0.366. The number of aromatic nitrogens is 3. The summed E-state index contributed by atoms with van der Waals surface area (Å²) in [6.45, 7) is 0. The Morgan fingerprint density at radius 1 is 1.38 bits per heavy atom. The van der Waals surface area contributed by atoms with Gasteiger partial charge >= 0.3 is 0 Å². The fraction of sp³-hybridized carbons (Fsp3) is 0.200. The molecule has 1 unspecified atom stereocenters. The van der Waals surface area contributed by atoms with Crippen molar-refractivity contribution in [1.29, 1.82) is 0 Å². The first-order valence-electron chi connectivity index (χ1n) is 4.69. The largest absolute Gasteiger partial charge is 0.504 e. The van der Waals surface area contributed by atoms with Crippen molar-refractivity contribution >= 4 is 0 Å². The van der Waals surface area contributed by atoms with E-state index in [0.29, 0.717) is 11.3 Å². The van der Waals surface area contributed by atoms with Crippen LogP contribution in [0.25, 0.3) is 0 Å². The van der Waals surface area contributed by atoms with Gasteiger partial charge in [0, 0.05) is 5.56 Å². The van der Waals surface area contributed by atoms with Crippen molar-refractivity contribution in [3.63, 3.8) is 0 Å². The van der Waals surface area contributed by atoms with Crippen molar-refractivity contribution < 1.29 is 9.84 Å². The molecule has 0 aliphatic carbocycles. The van der Waals surface area contributed by atoms with Gasteiger partial charge in [-0.1, -0.05) is 12.1 Å². The number of para-hydroxylation sites is 1. The molecule has 0 bridgehead atoms. The van der Waals surface area contributed by atoms with E-state index in [2.05, 4.69) is 10.2 Å². The van der Waals surface area contributed by atoms with Crippen LogP contribution in [0.15, 0.2) is 30.9 Å². The molecule has 84 valence electrons. The van der Waals surface area contributed by atoms with Gasteiger partial charge in [-0.25, -0.2) is 0 Å². The minimum atomic E-state index is -0.537. The predicted octanol–water partition coefficient (Wildman–Crippen LogP) is 0.498. The van der Waals surface area contributed by atoms with Crippen LogP contribution < -0.4 is 10.5 Å². The second-order valence-electron chi connectivity index (χ2n) is 3.25. The monoisotopic (exact) mass is 220 g/mol. The van der Waals surface area contributed by atoms with E-state index in [1.807, 2.05) is 0 Å². The number of phenols is 1. The molecule has 0 fully saturated rings. The highest BCUT2D eigenvalue weighted by Crippen LogP contribution is 2.32. The standard InChI is InChI=1S/C10H12N4O2/c1-16-8-4-2-3-7(9(8)15)10(11)14-5-12-13-6-14/h2-6,10,15H,11H2,1H3. The Kier molecular flexibility index (Phi) is 2.74. The van der Waals surface area contributed by atoms with Crippen molar-refractivity contribution in [1.82, 2.24) is 14.8 Å². The number of aromatic hydroxyl groups is 1. The van der Waals surface area contributed by atoms with Gasteiger partial charge in [0.2, 0.25) is 0 Å². The van der Waals surface area contributed by atoms with Crippen molar-refractivity contribution in [2.24, 2.45) is 5.73 Å². The minimum absolute atomic E-state index is 0.0335. The highest BCUT2D eigenvalue weighted by Gasteiger charge is 2.15. The number of hydrogen-bond donors (Lipinski definition) is 2. The fourth-order valence-corrected chi connectivity index (χ4v) is 1.46. The van der Waals surface area contributed by atoms with E-state index < -0.39 is 6.17 Å². The summed E-state index contributed by atoms with van der Waals surface area (Å²) in [5, 5.41) is 17.2. The third kappa shape index (κ3) is 1.70. The minimum Gasteiger partial charge on any atom is -0.504 e. The molecule has 1 aromatic carbocycles. The van der Waals surface area contributed by atoms with E-state index in [1.165, 1.54) is 19.8 Å². The summed E-state index contributed by atoms with van der Waals surface area (Å²) in [6.07, 6.45) is 2.44. The molecule has 16 heavy (non-hydrogen) atoms. The van der Waals surface area contributed by atoms with Gasteiger partial charge in [-0.05, 0) is 6.07 Å². The van der Waals surface area contributed by atoms with Gasteiger partial charge in [0.05, 0.1) is 7.11 Å². The second-order valence-corrected chi connectivity index (χ2v) is 3.25. The molecule has 0 aliphatic heterocycles. The Hall–Kier alpha value is -2.08. The molecule has 0 saturated carbocycles. The number of nitrogens with two attached hydrogens (primary N) is 1. The summed E-state index contributed by atoms with van der Waals surface area (Å²) >= 11 is 0. The molecule has 1 aromatic heterocycles. The Morgan fingerprint density at radius 3 is 2.69 bits per heavy atom. The number of methoxy groups -OCH3 is 1. The van der Waals surface area contributed by atoms with Crippen LogP contribution in [-0.2, 0) is 0 Å². The maximum atomic E-state index is 9.90. The number of phenolic OH excluding ortho intramolecular Hbond substituents is 1. The van der Waals surface area contributed by atoms with Gasteiger partial charge in [0.15, 0.2) is 11.5 Å². The maximum Gasteiger partial charge on any atom is 0.164 e. The molecule has 0 radical (unpaired) electrons. The van der Waals surface area contributed by atoms with Gasteiger partial charge in [-0.3, -0.25) is 4.57 Å². The Labute approximate surface area is 92.3 Å². The Morgan fingerprint density at radius 2 is 2.06 bits per heavy atom. The number of rotatable bonds is 3. The average molecular weight is 220 g/mol. The topological polar surface area (TPSA) is 86.2 Å². The van der Waals surface area contributed by atoms with Crippen LogP contribution in [0.2, 0.25) is 0 Å². The summed E-state index contributed by atoms with van der Waals surface area (Å²) < 4.78 is 6.60. The van der Waals surface area contributed by atoms with Crippen LogP contribution in [-0.4, -0.2) is 27.0 Å². The highest BCUT2D eigenvalue weighted by atomic mass is 16.5. The molecular weight excluding hydrogens is 208 g/mol. The van der Waals surface area contributed by atoms with Gasteiger partial charge in [0.25, 0.3) is 0 Å². The molecule has 2 aromatic rings. The van der Waals surface area contributed by atoms with Gasteiger partial charge in [-0.15, -0.1) is 10.2 Å². The highest BCUT2D eigenvalue weighted by molar-refractivity contribution is 5.46. The van der Waals surface area contributed by atoms with Crippen LogP contribution in [0.5, 0.6) is 11.5 Å². The van der Waals surface area contributed by atoms with Crippen LogP contribution in [0.4, 0.5) is 0 Å². The molecule has 2 rings (SSSR count). The Balaban J connectivity index is 2.41. The quantitative estimate of drug-likeness (QED) is 0.786. The zero-order chi connectivity index (χ0) is 11.5. The third-order valence-electron chi connectivity index (χ3n) is 2.33. The first-order valence-corrected chi connectivity index (χ1v) is 4.69. The summed E-state index contributed by atoms with van der Waals surface area (Å²) in [6, 6.07) is 5.15. The predicted molar refractivity (Wildman–Crippen MR) is 57.0 cm³/mol. The third-order valence-corrected chi connectivity index (χ3v) is 2.33. The lowest BCUT2D eigenvalue weighted by Crippen LogP contribution is -2.18. The first kappa shape index (κ1) is 10.4. The van der Waals surface area contributed by atoms with E-state index in [0.717, 1.165) is 0 Å². The van der Waals surface area contributed by atoms with E-state index in [-0.39, 0.29) is 5.75 Å². The van der Waals surface area contributed by atoms with Crippen LogP contribution in [0.3, 0.4) is 0 Å². The number of hydrogen-bond acceptors (Lipinski definition) is 5. The zero-order valence-corrected chi connectivity index (χ0v) is 8.74. The molecular formula is C10H12N4O2. The maximum absolute atomic E-state index is 9.90. The Bertz CT molecular complexity index is 470. The van der Waals surface area contributed by atoms with E-state index >= 15 is 0 Å². The molecule has 0 amide bonds. The number of nitrogens with zero attached hydrogens (tertiary/aromatic N) is 3. The zero-order valence-electron chi connectivity index (χ0n) is 8.74. The number of ether oxygens (including phenoxy) is 1. The first-order chi connectivity index (χ1) is 7.74. The summed E-state index contributed by atoms with van der Waals surface area (Å²) in [5.41, 5.74) is 6.51. The summed E-state index contributed by atoms with van der Waals surface area (Å²) in [4.78, 5) is 0. The molecule has 0 spiro atoms. The van der Waals surface area contributed by atoms with Crippen molar-refractivity contribution in [2.75, 3.05) is 7.11 Å². The summed E-state index contributed by atoms with van der Waals surface area (Å²) in [7, 11) is 1.49. The van der Waals surface area contributed by atoms with Gasteiger partial charge in [-0.2, -0.15) is 0 Å². The lowest BCUT2D eigenvalue weighted by Gasteiger charge is -2.15. The van der Waals surface area contributed by atoms with Crippen molar-refractivity contribution in [2.45, 2.75) is 6.17 Å². The molecule has 3 N–H and O–H groups in total. The van der Waals surface area contributed by atoms with E-state index in [9.17, 15) is 5.11 Å². The van der Waals surface area contributed by atoms with Gasteiger partial charge < -0.3 is 15.6 Å². The van der Waals surface area contributed by atoms with Gasteiger partial charge in [0.1, 0.15) is 18.8 Å². The molecule has 0 saturated heterocycles. The van der Waals surface area contributed by atoms with Crippen molar-refractivity contribution in [3.05, 3.63) is 36.4 Å². The molecule has 1 atom stereocenters. The average Bonchev–Trinajstić information content (AvgIpc) is 2.82. The molecule has 6 heteroatoms. The van der Waals surface area contributed by atoms with Crippen molar-refractivity contribution in [3.8, 4) is 11.5 Å². The van der Waals surface area contributed by atoms with E-state index in [1.54, 1.807) is 22.8 Å². The normalized spacial score (nSPS) is 12.4. The molecule has 0 aliphatic rings. The second kappa shape index (κ2) is 4.19.